The first kappa shape index (κ1) is 32.2. The van der Waals surface area contributed by atoms with Crippen molar-refractivity contribution in [3.05, 3.63) is 118 Å². The number of hydrogen-bond acceptors (Lipinski definition) is 1. The van der Waals surface area contributed by atoms with E-state index in [-0.39, 0.29) is 45.5 Å². The zero-order chi connectivity index (χ0) is 32.7. The summed E-state index contributed by atoms with van der Waals surface area (Å²) in [6, 6.07) is 14.4. The first-order chi connectivity index (χ1) is 20.3. The number of rotatable bonds is 4. The Labute approximate surface area is 241 Å². The van der Waals surface area contributed by atoms with E-state index in [1.165, 1.54) is 54.6 Å². The third-order valence-electron chi connectivity index (χ3n) is 6.38. The maximum absolute atomic E-state index is 13.2. The molecule has 4 rings (SSSR count). The Morgan fingerprint density at radius 3 is 1.07 bits per heavy atom. The van der Waals surface area contributed by atoms with Crippen molar-refractivity contribution in [1.82, 2.24) is 0 Å². The predicted molar refractivity (Wildman–Crippen MR) is 137 cm³/mol. The van der Waals surface area contributed by atoms with Crippen molar-refractivity contribution < 1.29 is 52.7 Å². The van der Waals surface area contributed by atoms with Crippen molar-refractivity contribution in [2.45, 2.75) is 24.7 Å². The molecule has 0 amide bonds. The highest BCUT2D eigenvalue weighted by Crippen LogP contribution is 2.40. The number of alkyl halides is 12. The summed E-state index contributed by atoms with van der Waals surface area (Å²) in [6.45, 7) is 0. The van der Waals surface area contributed by atoms with Crippen molar-refractivity contribution in [3.8, 4) is 28.3 Å². The van der Waals surface area contributed by atoms with E-state index < -0.39 is 47.0 Å². The summed E-state index contributed by atoms with van der Waals surface area (Å²) in [7, 11) is 0. The third kappa shape index (κ3) is 7.42. The second kappa shape index (κ2) is 11.4. The van der Waals surface area contributed by atoms with Gasteiger partial charge in [-0.15, -0.1) is 0 Å². The largest absolute Gasteiger partial charge is 0.416 e. The standard InChI is InChI=1S/C31H15F12N/c32-28(33,34)24-10-21(11-25(14-24)29(35,36)37)18-3-1-17(2-4-18)9-23(16-44)20-7-5-19(6-8-20)22-12-26(30(38,39)40)15-27(13-22)31(41,42)43/h1-15H/b23-9-. The maximum atomic E-state index is 13.2. The molecule has 0 bridgehead atoms. The van der Waals surface area contributed by atoms with Gasteiger partial charge in [-0.25, -0.2) is 0 Å². The summed E-state index contributed by atoms with van der Waals surface area (Å²) < 4.78 is 159. The van der Waals surface area contributed by atoms with E-state index in [0.717, 1.165) is 0 Å². The summed E-state index contributed by atoms with van der Waals surface area (Å²) in [5, 5.41) is 9.64. The van der Waals surface area contributed by atoms with Crippen LogP contribution >= 0.6 is 0 Å². The number of halogens is 12. The Hall–Kier alpha value is -4.73. The van der Waals surface area contributed by atoms with Gasteiger partial charge in [0.25, 0.3) is 0 Å². The summed E-state index contributed by atoms with van der Waals surface area (Å²) >= 11 is 0. The number of nitrogens with zero attached hydrogens (tertiary/aromatic N) is 1. The highest BCUT2D eigenvalue weighted by molar-refractivity contribution is 5.90. The van der Waals surface area contributed by atoms with E-state index in [4.69, 9.17) is 0 Å². The molecule has 4 aromatic carbocycles. The van der Waals surface area contributed by atoms with Crippen LogP contribution in [0.3, 0.4) is 0 Å². The van der Waals surface area contributed by atoms with Crippen LogP contribution in [0.2, 0.25) is 0 Å². The number of hydrogen-bond donors (Lipinski definition) is 0. The Bertz CT molecular complexity index is 1670. The van der Waals surface area contributed by atoms with E-state index in [2.05, 4.69) is 0 Å². The Morgan fingerprint density at radius 1 is 0.455 bits per heavy atom. The minimum absolute atomic E-state index is 0.00192. The Morgan fingerprint density at radius 2 is 0.773 bits per heavy atom. The molecule has 4 aromatic rings. The van der Waals surface area contributed by atoms with Gasteiger partial charge in [0.05, 0.1) is 33.9 Å². The van der Waals surface area contributed by atoms with Crippen LogP contribution in [0.15, 0.2) is 84.9 Å². The summed E-state index contributed by atoms with van der Waals surface area (Å²) in [4.78, 5) is 0. The molecule has 0 fully saturated rings. The minimum atomic E-state index is -5.04. The molecule has 0 aromatic heterocycles. The summed E-state index contributed by atoms with van der Waals surface area (Å²) in [5.41, 5.74) is -6.07. The molecule has 44 heavy (non-hydrogen) atoms. The first-order valence-electron chi connectivity index (χ1n) is 12.2. The summed E-state index contributed by atoms with van der Waals surface area (Å²) in [6.07, 6.45) is -18.8. The third-order valence-corrected chi connectivity index (χ3v) is 6.38. The van der Waals surface area contributed by atoms with Gasteiger partial charge in [0, 0.05) is 0 Å². The van der Waals surface area contributed by atoms with E-state index in [9.17, 15) is 57.9 Å². The lowest BCUT2D eigenvalue weighted by molar-refractivity contribution is -0.144. The second-order valence-corrected chi connectivity index (χ2v) is 9.46. The van der Waals surface area contributed by atoms with Crippen molar-refractivity contribution >= 4 is 11.6 Å². The first-order valence-corrected chi connectivity index (χ1v) is 12.2. The van der Waals surface area contributed by atoms with Gasteiger partial charge in [-0.2, -0.15) is 57.9 Å². The van der Waals surface area contributed by atoms with E-state index in [1.54, 1.807) is 0 Å². The molecule has 0 heterocycles. The fourth-order valence-corrected chi connectivity index (χ4v) is 4.20. The second-order valence-electron chi connectivity index (χ2n) is 9.46. The highest BCUT2D eigenvalue weighted by Gasteiger charge is 2.38. The SMILES string of the molecule is N#C/C(=C/c1ccc(-c2cc(C(F)(F)F)cc(C(F)(F)F)c2)cc1)c1ccc(-c2cc(C(F)(F)F)cc(C(F)(F)F)c2)cc1. The average molecular weight is 629 g/mol. The topological polar surface area (TPSA) is 23.8 Å². The van der Waals surface area contributed by atoms with Crippen molar-refractivity contribution in [3.63, 3.8) is 0 Å². The maximum Gasteiger partial charge on any atom is 0.416 e. The number of benzene rings is 4. The van der Waals surface area contributed by atoms with Gasteiger partial charge in [-0.05, 0) is 75.9 Å². The zero-order valence-electron chi connectivity index (χ0n) is 21.6. The van der Waals surface area contributed by atoms with Crippen LogP contribution in [0.5, 0.6) is 0 Å². The molecule has 0 unspecified atom stereocenters. The molecule has 0 radical (unpaired) electrons. The molecule has 0 saturated carbocycles. The Kier molecular flexibility index (Phi) is 8.34. The molecule has 1 nitrogen and oxygen atoms in total. The number of nitriles is 1. The van der Waals surface area contributed by atoms with Crippen LogP contribution < -0.4 is 0 Å². The molecule has 0 saturated heterocycles. The minimum Gasteiger partial charge on any atom is -0.192 e. The molecule has 0 spiro atoms. The van der Waals surface area contributed by atoms with Crippen molar-refractivity contribution in [1.29, 1.82) is 5.26 Å². The average Bonchev–Trinajstić information content (AvgIpc) is 2.94. The van der Waals surface area contributed by atoms with Gasteiger partial charge in [-0.3, -0.25) is 0 Å². The van der Waals surface area contributed by atoms with Gasteiger partial charge in [0.15, 0.2) is 0 Å². The smallest absolute Gasteiger partial charge is 0.192 e. The molecule has 0 atom stereocenters. The van der Waals surface area contributed by atoms with Gasteiger partial charge in [-0.1, -0.05) is 48.5 Å². The molecule has 0 aliphatic carbocycles. The van der Waals surface area contributed by atoms with E-state index >= 15 is 0 Å². The fraction of sp³-hybridized carbons (Fsp3) is 0.129. The quantitative estimate of drug-likeness (QED) is 0.125. The predicted octanol–water partition coefficient (Wildman–Crippen LogP) is 11.2. The zero-order valence-corrected chi connectivity index (χ0v) is 21.6. The van der Waals surface area contributed by atoms with Gasteiger partial charge in [0.2, 0.25) is 0 Å². The summed E-state index contributed by atoms with van der Waals surface area (Å²) in [5.74, 6) is 0. The van der Waals surface area contributed by atoms with Gasteiger partial charge < -0.3 is 0 Å². The van der Waals surface area contributed by atoms with Gasteiger partial charge >= 0.3 is 24.7 Å². The van der Waals surface area contributed by atoms with Crippen LogP contribution in [0, 0.1) is 11.3 Å². The van der Waals surface area contributed by atoms with Crippen LogP contribution in [-0.2, 0) is 24.7 Å². The van der Waals surface area contributed by atoms with Gasteiger partial charge in [0.1, 0.15) is 0 Å². The fourth-order valence-electron chi connectivity index (χ4n) is 4.20. The Balaban J connectivity index is 1.65. The van der Waals surface area contributed by atoms with E-state index in [1.807, 2.05) is 6.07 Å². The lowest BCUT2D eigenvalue weighted by Crippen LogP contribution is -2.11. The van der Waals surface area contributed by atoms with Crippen molar-refractivity contribution in [2.24, 2.45) is 0 Å². The molecule has 0 aliphatic rings. The molecule has 228 valence electrons. The van der Waals surface area contributed by atoms with Crippen LogP contribution in [-0.4, -0.2) is 0 Å². The van der Waals surface area contributed by atoms with Crippen molar-refractivity contribution in [2.75, 3.05) is 0 Å². The lowest BCUT2D eigenvalue weighted by Gasteiger charge is -2.14. The van der Waals surface area contributed by atoms with Crippen LogP contribution in [0.4, 0.5) is 52.7 Å². The van der Waals surface area contributed by atoms with Crippen LogP contribution in [0.25, 0.3) is 33.9 Å². The molecular formula is C31H15F12N. The molecule has 0 N–H and O–H groups in total. The molecular weight excluding hydrogens is 614 g/mol. The normalized spacial score (nSPS) is 13.1. The number of allylic oxidation sites excluding steroid dienone is 1. The molecule has 13 heteroatoms. The monoisotopic (exact) mass is 629 g/mol. The molecule has 0 aliphatic heterocycles. The van der Waals surface area contributed by atoms with Crippen LogP contribution in [0.1, 0.15) is 33.4 Å². The lowest BCUT2D eigenvalue weighted by atomic mass is 9.96. The van der Waals surface area contributed by atoms with E-state index in [0.29, 0.717) is 29.8 Å². The highest BCUT2D eigenvalue weighted by atomic mass is 19.4.